The smallest absolute Gasteiger partial charge is 0.346 e. The van der Waals surface area contributed by atoms with Crippen molar-refractivity contribution in [2.75, 3.05) is 19.7 Å². The molecule has 4 atom stereocenters. The first-order valence-electron chi connectivity index (χ1n) is 13.9. The summed E-state index contributed by atoms with van der Waals surface area (Å²) in [5.74, 6) is -2.99. The normalized spacial score (nSPS) is 28.2. The van der Waals surface area contributed by atoms with Crippen LogP contribution >= 0.6 is 0 Å². The fourth-order valence-corrected chi connectivity index (χ4v) is 6.47. The molecule has 42 heavy (non-hydrogen) atoms. The summed E-state index contributed by atoms with van der Waals surface area (Å²) in [7, 11) is 0. The lowest BCUT2D eigenvalue weighted by Gasteiger charge is -2.43. The highest BCUT2D eigenvalue weighted by molar-refractivity contribution is 5.98. The number of ether oxygens (including phenoxy) is 1. The van der Waals surface area contributed by atoms with Crippen molar-refractivity contribution in [2.45, 2.75) is 62.2 Å². The molecular formula is C28H36N9O5+. The monoisotopic (exact) mass is 578 g/mol. The van der Waals surface area contributed by atoms with Crippen LogP contribution < -0.4 is 37.5 Å². The second-order valence-electron chi connectivity index (χ2n) is 11.9. The number of nitrogens with zero attached hydrogens (tertiary/aromatic N) is 3. The lowest BCUT2D eigenvalue weighted by Crippen LogP contribution is -2.79. The number of amides is 2. The number of aliphatic imine (C=N–C) groups is 1. The maximum absolute atomic E-state index is 13.6. The number of rotatable bonds is 5. The fourth-order valence-electron chi connectivity index (χ4n) is 6.47. The third-order valence-corrected chi connectivity index (χ3v) is 8.74. The minimum atomic E-state index is -2.60. The number of carbonyl (C=O) groups is 2. The predicted molar refractivity (Wildman–Crippen MR) is 152 cm³/mol. The number of benzene rings is 1. The molecule has 14 heteroatoms. The van der Waals surface area contributed by atoms with Gasteiger partial charge in [-0.1, -0.05) is 32.0 Å². The van der Waals surface area contributed by atoms with Crippen molar-refractivity contribution >= 4 is 23.7 Å². The molecule has 2 aromatic rings. The molecule has 10 N–H and O–H groups in total. The van der Waals surface area contributed by atoms with Crippen LogP contribution in [0.25, 0.3) is 0 Å². The summed E-state index contributed by atoms with van der Waals surface area (Å²) in [6, 6.07) is 7.67. The Hall–Kier alpha value is -4.43. The van der Waals surface area contributed by atoms with Crippen molar-refractivity contribution in [1.82, 2.24) is 26.3 Å². The van der Waals surface area contributed by atoms with Gasteiger partial charge in [-0.3, -0.25) is 20.6 Å². The van der Waals surface area contributed by atoms with Crippen LogP contribution in [-0.2, 0) is 5.41 Å². The highest BCUT2D eigenvalue weighted by Crippen LogP contribution is 2.43. The number of aromatic nitrogens is 1. The average molecular weight is 579 g/mol. The molecule has 2 amide bonds. The largest absolute Gasteiger partial charge is 0.492 e. The van der Waals surface area contributed by atoms with E-state index < -0.39 is 41.4 Å². The van der Waals surface area contributed by atoms with Crippen molar-refractivity contribution in [2.24, 2.45) is 16.5 Å². The molecule has 0 bridgehead atoms. The topological polar surface area (TPSA) is 212 Å². The highest BCUT2D eigenvalue weighted by atomic mass is 16.5. The number of aliphatic hydroxyl groups is 2. The summed E-state index contributed by atoms with van der Waals surface area (Å²) in [6.45, 7) is 6.38. The third kappa shape index (κ3) is 4.12. The van der Waals surface area contributed by atoms with Crippen molar-refractivity contribution < 1.29 is 29.1 Å². The van der Waals surface area contributed by atoms with E-state index in [0.29, 0.717) is 23.6 Å². The van der Waals surface area contributed by atoms with Gasteiger partial charge in [0.2, 0.25) is 11.4 Å². The molecule has 0 radical (unpaired) electrons. The van der Waals surface area contributed by atoms with E-state index in [4.69, 9.17) is 16.2 Å². The number of guanidine groups is 2. The number of aryl methyl sites for hydroxylation is 1. The van der Waals surface area contributed by atoms with Crippen LogP contribution in [0.4, 0.5) is 0 Å². The van der Waals surface area contributed by atoms with Gasteiger partial charge < -0.3 is 36.6 Å². The number of nitrogens with two attached hydrogens (primary N) is 2. The summed E-state index contributed by atoms with van der Waals surface area (Å²) in [5.41, 5.74) is 12.7. The van der Waals surface area contributed by atoms with E-state index in [1.165, 1.54) is 4.58 Å². The average Bonchev–Trinajstić information content (AvgIpc) is 3.40. The number of para-hydroxylation sites is 1. The lowest BCUT2D eigenvalue weighted by atomic mass is 9.79. The van der Waals surface area contributed by atoms with E-state index in [9.17, 15) is 19.8 Å². The number of carbonyl (C=O) groups excluding carboxylic acids is 2. The van der Waals surface area contributed by atoms with Gasteiger partial charge in [-0.15, -0.1) is 0 Å². The van der Waals surface area contributed by atoms with Gasteiger partial charge in [0.15, 0.2) is 5.96 Å². The van der Waals surface area contributed by atoms with Crippen LogP contribution in [0.5, 0.6) is 5.75 Å². The van der Waals surface area contributed by atoms with E-state index in [1.807, 2.05) is 6.07 Å². The van der Waals surface area contributed by atoms with Crippen LogP contribution in [0.15, 0.2) is 41.4 Å². The Balaban J connectivity index is 1.27. The molecule has 0 aliphatic carbocycles. The summed E-state index contributed by atoms with van der Waals surface area (Å²) >= 11 is 0. The molecule has 1 saturated heterocycles. The van der Waals surface area contributed by atoms with Gasteiger partial charge in [-0.25, -0.2) is 14.6 Å². The maximum atomic E-state index is 13.6. The Labute approximate surface area is 242 Å². The standard InChI is InChI=1S/C28H35N9O5/c1-14-6-4-9-17(32-14)23(39)31-12-18-21-27(36-24(29)35-21)28(40,41)19(13-37(27)25(30)33-18)34-22(38)15-7-5-8-16-20(15)42-11-10-26(16,2)3/h4-9,18-19,21,40-41H,10-13H2,1-3H3,(H7,29,30,31,33,34,35,36,38,39)/p+1/t18-,19?,21-,27-/m0/s1. The van der Waals surface area contributed by atoms with E-state index in [0.717, 1.165) is 12.0 Å². The fraction of sp³-hybridized carbons (Fsp3) is 0.464. The zero-order valence-electron chi connectivity index (χ0n) is 23.6. The van der Waals surface area contributed by atoms with Gasteiger partial charge in [0.1, 0.15) is 29.6 Å². The van der Waals surface area contributed by atoms with Crippen molar-refractivity contribution in [3.63, 3.8) is 0 Å². The van der Waals surface area contributed by atoms with E-state index in [-0.39, 0.29) is 36.1 Å². The summed E-state index contributed by atoms with van der Waals surface area (Å²) < 4.78 is 7.41. The molecule has 222 valence electrons. The zero-order chi connectivity index (χ0) is 30.0. The van der Waals surface area contributed by atoms with Gasteiger partial charge in [0.05, 0.1) is 25.3 Å². The number of pyridine rings is 1. The molecule has 6 rings (SSSR count). The molecule has 0 saturated carbocycles. The molecule has 1 spiro atoms. The number of fused-ring (bicyclic) bond motifs is 1. The Morgan fingerprint density at radius 1 is 1.17 bits per heavy atom. The minimum absolute atomic E-state index is 0.0181. The minimum Gasteiger partial charge on any atom is -0.492 e. The zero-order valence-corrected chi connectivity index (χ0v) is 23.6. The number of nitrogens with one attached hydrogen (secondary N) is 4. The lowest BCUT2D eigenvalue weighted by molar-refractivity contribution is -0.623. The van der Waals surface area contributed by atoms with Crippen LogP contribution in [0, 0.1) is 6.92 Å². The Bertz CT molecular complexity index is 1540. The van der Waals surface area contributed by atoms with Crippen LogP contribution in [0.1, 0.15) is 52.4 Å². The van der Waals surface area contributed by atoms with Gasteiger partial charge in [-0.2, -0.15) is 0 Å². The van der Waals surface area contributed by atoms with E-state index >= 15 is 0 Å². The summed E-state index contributed by atoms with van der Waals surface area (Å²) in [5, 5.41) is 35.1. The van der Waals surface area contributed by atoms with Crippen molar-refractivity contribution in [1.29, 1.82) is 0 Å². The predicted octanol–water partition coefficient (Wildman–Crippen LogP) is -2.05. The molecule has 4 aliphatic rings. The van der Waals surface area contributed by atoms with Gasteiger partial charge in [0, 0.05) is 11.3 Å². The summed E-state index contributed by atoms with van der Waals surface area (Å²) in [4.78, 5) is 35.1. The first-order valence-corrected chi connectivity index (χ1v) is 13.9. The molecular weight excluding hydrogens is 542 g/mol. The van der Waals surface area contributed by atoms with Crippen LogP contribution in [-0.4, -0.2) is 92.8 Å². The molecule has 14 nitrogen and oxygen atoms in total. The van der Waals surface area contributed by atoms with E-state index in [2.05, 4.69) is 45.1 Å². The molecule has 1 unspecified atom stereocenters. The highest BCUT2D eigenvalue weighted by Gasteiger charge is 2.75. The Morgan fingerprint density at radius 3 is 2.69 bits per heavy atom. The Kier molecular flexibility index (Phi) is 6.31. The first-order chi connectivity index (χ1) is 19.8. The van der Waals surface area contributed by atoms with Gasteiger partial charge in [0.25, 0.3) is 11.8 Å². The van der Waals surface area contributed by atoms with Gasteiger partial charge >= 0.3 is 5.96 Å². The quantitative estimate of drug-likeness (QED) is 0.144. The maximum Gasteiger partial charge on any atom is 0.346 e. The first kappa shape index (κ1) is 27.7. The second kappa shape index (κ2) is 9.56. The van der Waals surface area contributed by atoms with Crippen LogP contribution in [0.2, 0.25) is 0 Å². The molecule has 5 heterocycles. The molecule has 1 fully saturated rings. The number of hydrogen-bond acceptors (Lipinski definition) is 11. The second-order valence-corrected chi connectivity index (χ2v) is 11.9. The van der Waals surface area contributed by atoms with E-state index in [1.54, 1.807) is 37.3 Å². The van der Waals surface area contributed by atoms with Crippen molar-refractivity contribution in [3.05, 3.63) is 58.9 Å². The third-order valence-electron chi connectivity index (χ3n) is 8.74. The number of hydrogen-bond donors (Lipinski definition) is 8. The molecule has 1 aromatic carbocycles. The SMILES string of the molecule is Cc1cccc(C(=O)NC[C@@H]2NC(N)=[N+]3CC(NC(=O)c4cccc5c4OCCC5(C)C)C(O)(O)[C@@]34NC(N)=N[C@@H]24)n1. The Morgan fingerprint density at radius 2 is 1.93 bits per heavy atom. The molecule has 4 aliphatic heterocycles. The van der Waals surface area contributed by atoms with Crippen LogP contribution in [0.3, 0.4) is 0 Å². The van der Waals surface area contributed by atoms with Gasteiger partial charge in [-0.05, 0) is 37.0 Å². The van der Waals surface area contributed by atoms with Crippen molar-refractivity contribution in [3.8, 4) is 5.75 Å². The molecule has 1 aromatic heterocycles. The summed E-state index contributed by atoms with van der Waals surface area (Å²) in [6.07, 6.45) is 0.807.